The first-order chi connectivity index (χ1) is 15.7. The number of hydrogen-bond donors (Lipinski definition) is 1. The van der Waals surface area contributed by atoms with Crippen LogP contribution in [0.15, 0.2) is 77.5 Å². The Labute approximate surface area is 195 Å². The number of carbonyl (C=O) groups is 1. The summed E-state index contributed by atoms with van der Waals surface area (Å²) in [5.41, 5.74) is 3.96. The smallest absolute Gasteiger partial charge is 0.227 e. The third-order valence-electron chi connectivity index (χ3n) is 5.97. The van der Waals surface area contributed by atoms with Crippen LogP contribution >= 0.6 is 15.9 Å². The highest BCUT2D eigenvalue weighted by molar-refractivity contribution is 9.10. The van der Waals surface area contributed by atoms with Crippen LogP contribution in [0.4, 0.5) is 5.69 Å². The van der Waals surface area contributed by atoms with Crippen molar-refractivity contribution in [3.05, 3.63) is 83.4 Å². The number of nitrogens with zero attached hydrogens (tertiary/aromatic N) is 4. The van der Waals surface area contributed by atoms with Crippen molar-refractivity contribution in [3.8, 4) is 5.69 Å². The first kappa shape index (κ1) is 20.8. The Hall–Kier alpha value is -3.03. The number of benzene rings is 2. The Morgan fingerprint density at radius 3 is 2.56 bits per heavy atom. The maximum atomic E-state index is 12.6. The Balaban J connectivity index is 1.30. The largest absolute Gasteiger partial charge is 0.324 e. The minimum Gasteiger partial charge on any atom is -0.324 e. The predicted molar refractivity (Wildman–Crippen MR) is 130 cm³/mol. The molecule has 1 aliphatic heterocycles. The van der Waals surface area contributed by atoms with Gasteiger partial charge in [0.25, 0.3) is 0 Å². The standard InChI is InChI=1S/C25H24BrN5O/c26-19-7-9-21(10-8-19)31-23-6-2-1-5-22(23)29-24(31)17-30-14-11-18(12-15-30)25(32)28-20-4-3-13-27-16-20/h1-10,13,16,18H,11-12,14-15,17H2,(H,28,32). The van der Waals surface area contributed by atoms with E-state index in [1.165, 1.54) is 0 Å². The fourth-order valence-electron chi connectivity index (χ4n) is 4.29. The molecule has 1 saturated heterocycles. The number of hydrogen-bond acceptors (Lipinski definition) is 4. The van der Waals surface area contributed by atoms with Crippen LogP contribution in [0, 0.1) is 5.92 Å². The van der Waals surface area contributed by atoms with Crippen LogP contribution in [0.5, 0.6) is 0 Å². The van der Waals surface area contributed by atoms with Gasteiger partial charge < -0.3 is 5.32 Å². The quantitative estimate of drug-likeness (QED) is 0.426. The Morgan fingerprint density at radius 2 is 1.81 bits per heavy atom. The number of aromatic nitrogens is 3. The van der Waals surface area contributed by atoms with E-state index >= 15 is 0 Å². The molecular weight excluding hydrogens is 466 g/mol. The molecule has 2 aromatic heterocycles. The molecule has 5 rings (SSSR count). The van der Waals surface area contributed by atoms with E-state index in [4.69, 9.17) is 4.98 Å². The number of likely N-dealkylation sites (tertiary alicyclic amines) is 1. The summed E-state index contributed by atoms with van der Waals surface area (Å²) in [4.78, 5) is 24.0. The summed E-state index contributed by atoms with van der Waals surface area (Å²) in [6.07, 6.45) is 5.06. The molecule has 1 N–H and O–H groups in total. The SMILES string of the molecule is O=C(Nc1cccnc1)C1CCN(Cc2nc3ccccc3n2-c2ccc(Br)cc2)CC1. The van der Waals surface area contributed by atoms with Crippen LogP contribution in [-0.2, 0) is 11.3 Å². The van der Waals surface area contributed by atoms with Crippen LogP contribution in [0.25, 0.3) is 16.7 Å². The normalized spacial score (nSPS) is 15.2. The summed E-state index contributed by atoms with van der Waals surface area (Å²) in [6, 6.07) is 20.3. The molecule has 32 heavy (non-hydrogen) atoms. The Morgan fingerprint density at radius 1 is 1.03 bits per heavy atom. The molecule has 3 heterocycles. The lowest BCUT2D eigenvalue weighted by atomic mass is 9.96. The number of piperidine rings is 1. The molecule has 162 valence electrons. The van der Waals surface area contributed by atoms with Gasteiger partial charge in [0.15, 0.2) is 0 Å². The van der Waals surface area contributed by atoms with Gasteiger partial charge in [0.2, 0.25) is 5.91 Å². The molecule has 0 saturated carbocycles. The van der Waals surface area contributed by atoms with Crippen molar-refractivity contribution in [2.24, 2.45) is 5.92 Å². The minimum absolute atomic E-state index is 0.0248. The van der Waals surface area contributed by atoms with Crippen LogP contribution in [0.3, 0.4) is 0 Å². The van der Waals surface area contributed by atoms with Gasteiger partial charge in [-0.3, -0.25) is 19.2 Å². The molecule has 4 aromatic rings. The number of carbonyl (C=O) groups excluding carboxylic acids is 1. The number of imidazole rings is 1. The van der Waals surface area contributed by atoms with Crippen molar-refractivity contribution in [1.29, 1.82) is 0 Å². The predicted octanol–water partition coefficient (Wildman–Crippen LogP) is 5.03. The van der Waals surface area contributed by atoms with Crippen molar-refractivity contribution in [3.63, 3.8) is 0 Å². The number of pyridine rings is 1. The third-order valence-corrected chi connectivity index (χ3v) is 6.50. The zero-order valence-corrected chi connectivity index (χ0v) is 19.2. The Kier molecular flexibility index (Phi) is 6.01. The lowest BCUT2D eigenvalue weighted by Crippen LogP contribution is -2.38. The molecule has 1 aliphatic rings. The van der Waals surface area contributed by atoms with E-state index in [2.05, 4.69) is 78.2 Å². The molecule has 0 bridgehead atoms. The average molecular weight is 490 g/mol. The molecule has 0 atom stereocenters. The summed E-state index contributed by atoms with van der Waals surface area (Å²) in [5.74, 6) is 1.13. The van der Waals surface area contributed by atoms with E-state index in [9.17, 15) is 4.79 Å². The second-order valence-corrected chi connectivity index (χ2v) is 9.03. The van der Waals surface area contributed by atoms with Gasteiger partial charge in [-0.1, -0.05) is 28.1 Å². The first-order valence-corrected chi connectivity index (χ1v) is 11.6. The summed E-state index contributed by atoms with van der Waals surface area (Å²) >= 11 is 3.53. The van der Waals surface area contributed by atoms with E-state index in [-0.39, 0.29) is 11.8 Å². The van der Waals surface area contributed by atoms with Crippen molar-refractivity contribution in [1.82, 2.24) is 19.4 Å². The lowest BCUT2D eigenvalue weighted by molar-refractivity contribution is -0.121. The van der Waals surface area contributed by atoms with Gasteiger partial charge >= 0.3 is 0 Å². The van der Waals surface area contributed by atoms with Crippen molar-refractivity contribution >= 4 is 38.6 Å². The molecule has 2 aromatic carbocycles. The number of para-hydroxylation sites is 2. The summed E-state index contributed by atoms with van der Waals surface area (Å²) in [6.45, 7) is 2.49. The molecule has 0 aliphatic carbocycles. The number of amides is 1. The van der Waals surface area contributed by atoms with Crippen molar-refractivity contribution in [2.45, 2.75) is 19.4 Å². The second kappa shape index (κ2) is 9.22. The van der Waals surface area contributed by atoms with E-state index in [0.29, 0.717) is 0 Å². The molecule has 0 spiro atoms. The highest BCUT2D eigenvalue weighted by Gasteiger charge is 2.26. The highest BCUT2D eigenvalue weighted by Crippen LogP contribution is 2.26. The zero-order valence-electron chi connectivity index (χ0n) is 17.6. The molecule has 7 heteroatoms. The van der Waals surface area contributed by atoms with Crippen LogP contribution in [-0.4, -0.2) is 38.4 Å². The minimum atomic E-state index is 0.0248. The highest BCUT2D eigenvalue weighted by atomic mass is 79.9. The molecule has 6 nitrogen and oxygen atoms in total. The first-order valence-electron chi connectivity index (χ1n) is 10.8. The molecule has 1 fully saturated rings. The molecular formula is C25H24BrN5O. The zero-order chi connectivity index (χ0) is 21.9. The second-order valence-electron chi connectivity index (χ2n) is 8.11. The molecule has 0 radical (unpaired) electrons. The van der Waals surface area contributed by atoms with Crippen molar-refractivity contribution in [2.75, 3.05) is 18.4 Å². The number of anilines is 1. The van der Waals surface area contributed by atoms with E-state index in [1.54, 1.807) is 12.4 Å². The van der Waals surface area contributed by atoms with Gasteiger partial charge in [0.1, 0.15) is 5.82 Å². The lowest BCUT2D eigenvalue weighted by Gasteiger charge is -2.31. The average Bonchev–Trinajstić information content (AvgIpc) is 3.18. The van der Waals surface area contributed by atoms with E-state index in [1.807, 2.05) is 18.2 Å². The van der Waals surface area contributed by atoms with Crippen LogP contribution in [0.2, 0.25) is 0 Å². The summed E-state index contributed by atoms with van der Waals surface area (Å²) in [7, 11) is 0. The number of fused-ring (bicyclic) bond motifs is 1. The van der Waals surface area contributed by atoms with Gasteiger partial charge in [-0.15, -0.1) is 0 Å². The Bertz CT molecular complexity index is 1210. The monoisotopic (exact) mass is 489 g/mol. The van der Waals surface area contributed by atoms with Gasteiger partial charge in [-0.2, -0.15) is 0 Å². The van der Waals surface area contributed by atoms with Crippen molar-refractivity contribution < 1.29 is 4.79 Å². The van der Waals surface area contributed by atoms with Gasteiger partial charge in [0, 0.05) is 22.3 Å². The van der Waals surface area contributed by atoms with Gasteiger partial charge in [0.05, 0.1) is 29.5 Å². The maximum absolute atomic E-state index is 12.6. The van der Waals surface area contributed by atoms with Gasteiger partial charge in [-0.25, -0.2) is 4.98 Å². The summed E-state index contributed by atoms with van der Waals surface area (Å²) in [5, 5.41) is 2.99. The fraction of sp³-hybridized carbons (Fsp3) is 0.240. The van der Waals surface area contributed by atoms with Gasteiger partial charge in [-0.05, 0) is 74.5 Å². The van der Waals surface area contributed by atoms with Crippen LogP contribution < -0.4 is 5.32 Å². The van der Waals surface area contributed by atoms with E-state index < -0.39 is 0 Å². The topological polar surface area (TPSA) is 63.1 Å². The molecule has 0 unspecified atom stereocenters. The summed E-state index contributed by atoms with van der Waals surface area (Å²) < 4.78 is 3.29. The number of halogens is 1. The van der Waals surface area contributed by atoms with Crippen LogP contribution in [0.1, 0.15) is 18.7 Å². The fourth-order valence-corrected chi connectivity index (χ4v) is 4.56. The third kappa shape index (κ3) is 4.45. The molecule has 1 amide bonds. The maximum Gasteiger partial charge on any atom is 0.227 e. The number of rotatable bonds is 5. The van der Waals surface area contributed by atoms with E-state index in [0.717, 1.165) is 65.2 Å². The number of nitrogens with one attached hydrogen (secondary N) is 1.